The smallest absolute Gasteiger partial charge is 0.350 e. The number of aliphatic imine (C=N–C) groups is 1. The van der Waals surface area contributed by atoms with E-state index in [-0.39, 0.29) is 11.6 Å². The molecule has 0 radical (unpaired) electrons. The largest absolute Gasteiger partial charge is 0.508 e. The normalized spacial score (nSPS) is 21.9. The SMILES string of the molecule is O=C1N=C2Oc3cc(O)ccc3CC2C(=O)N1. The number of carbonyl (C=O) groups is 2. The molecule has 0 saturated carbocycles. The van der Waals surface area contributed by atoms with Gasteiger partial charge < -0.3 is 9.84 Å². The number of benzene rings is 1. The van der Waals surface area contributed by atoms with Crippen LogP contribution in [0.2, 0.25) is 0 Å². The first kappa shape index (κ1) is 9.83. The number of rotatable bonds is 0. The molecule has 1 atom stereocenters. The molecule has 0 saturated heterocycles. The number of nitrogens with one attached hydrogen (secondary N) is 1. The van der Waals surface area contributed by atoms with Gasteiger partial charge in [0.25, 0.3) is 0 Å². The van der Waals surface area contributed by atoms with E-state index in [2.05, 4.69) is 10.3 Å². The van der Waals surface area contributed by atoms with E-state index in [9.17, 15) is 14.7 Å². The summed E-state index contributed by atoms with van der Waals surface area (Å²) in [6.45, 7) is 0. The Hall–Kier alpha value is -2.37. The lowest BCUT2D eigenvalue weighted by Crippen LogP contribution is -2.47. The maximum atomic E-state index is 11.6. The van der Waals surface area contributed by atoms with Crippen LogP contribution in [0.15, 0.2) is 23.2 Å². The molecule has 3 amide bonds. The van der Waals surface area contributed by atoms with Crippen LogP contribution in [0.25, 0.3) is 0 Å². The standard InChI is InChI=1S/C11H8N2O4/c14-6-2-1-5-3-7-9(15)12-11(16)13-10(7)17-8(5)4-6/h1-2,4,7,14H,3H2,(H,12,15,16). The summed E-state index contributed by atoms with van der Waals surface area (Å²) in [5.74, 6) is -0.378. The number of amides is 3. The van der Waals surface area contributed by atoms with Crippen LogP contribution in [0.5, 0.6) is 11.5 Å². The Bertz CT molecular complexity index is 565. The van der Waals surface area contributed by atoms with Gasteiger partial charge in [-0.15, -0.1) is 0 Å². The van der Waals surface area contributed by atoms with E-state index in [4.69, 9.17) is 4.74 Å². The highest BCUT2D eigenvalue weighted by atomic mass is 16.5. The lowest BCUT2D eigenvalue weighted by molar-refractivity contribution is -0.122. The van der Waals surface area contributed by atoms with Crippen molar-refractivity contribution in [2.75, 3.05) is 0 Å². The van der Waals surface area contributed by atoms with Crippen molar-refractivity contribution in [2.24, 2.45) is 10.9 Å². The number of ether oxygens (including phenoxy) is 1. The number of fused-ring (bicyclic) bond motifs is 2. The fraction of sp³-hybridized carbons (Fsp3) is 0.182. The maximum absolute atomic E-state index is 11.6. The molecule has 6 heteroatoms. The average molecular weight is 232 g/mol. The Morgan fingerprint density at radius 1 is 1.41 bits per heavy atom. The quantitative estimate of drug-likeness (QED) is 0.685. The van der Waals surface area contributed by atoms with Crippen LogP contribution in [-0.4, -0.2) is 22.9 Å². The van der Waals surface area contributed by atoms with E-state index in [1.165, 1.54) is 12.1 Å². The van der Waals surface area contributed by atoms with Gasteiger partial charge in [-0.2, -0.15) is 4.99 Å². The van der Waals surface area contributed by atoms with Crippen molar-refractivity contribution >= 4 is 17.8 Å². The van der Waals surface area contributed by atoms with Crippen molar-refractivity contribution in [2.45, 2.75) is 6.42 Å². The topological polar surface area (TPSA) is 88.0 Å². The minimum absolute atomic E-state index is 0.0642. The second kappa shape index (κ2) is 3.31. The fourth-order valence-electron chi connectivity index (χ4n) is 1.92. The highest BCUT2D eigenvalue weighted by molar-refractivity contribution is 6.15. The third-order valence-corrected chi connectivity index (χ3v) is 2.75. The number of carbonyl (C=O) groups excluding carboxylic acids is 2. The molecule has 0 fully saturated rings. The van der Waals surface area contributed by atoms with Gasteiger partial charge in [0.15, 0.2) is 0 Å². The van der Waals surface area contributed by atoms with Crippen molar-refractivity contribution in [1.82, 2.24) is 5.32 Å². The number of hydrogen-bond acceptors (Lipinski definition) is 4. The average Bonchev–Trinajstić information content (AvgIpc) is 2.26. The summed E-state index contributed by atoms with van der Waals surface area (Å²) in [5.41, 5.74) is 0.802. The summed E-state index contributed by atoms with van der Waals surface area (Å²) in [6.07, 6.45) is 0.410. The Balaban J connectivity index is 2.06. The second-order valence-corrected chi connectivity index (χ2v) is 3.90. The van der Waals surface area contributed by atoms with Crippen molar-refractivity contribution in [3.05, 3.63) is 23.8 Å². The van der Waals surface area contributed by atoms with Crippen LogP contribution < -0.4 is 10.1 Å². The highest BCUT2D eigenvalue weighted by Gasteiger charge is 2.37. The molecule has 2 heterocycles. The number of urea groups is 1. The molecular formula is C11H8N2O4. The molecule has 0 aliphatic carbocycles. The Kier molecular flexibility index (Phi) is 1.91. The zero-order valence-electron chi connectivity index (χ0n) is 8.64. The summed E-state index contributed by atoms with van der Waals surface area (Å²) in [7, 11) is 0. The van der Waals surface area contributed by atoms with E-state index < -0.39 is 17.9 Å². The van der Waals surface area contributed by atoms with Crippen LogP contribution >= 0.6 is 0 Å². The Labute approximate surface area is 95.9 Å². The molecule has 0 aromatic heterocycles. The molecule has 2 aliphatic heterocycles. The molecule has 17 heavy (non-hydrogen) atoms. The summed E-state index contributed by atoms with van der Waals surface area (Å²) < 4.78 is 5.37. The molecule has 1 unspecified atom stereocenters. The number of phenols is 1. The molecule has 2 aliphatic rings. The van der Waals surface area contributed by atoms with E-state index in [0.717, 1.165) is 5.56 Å². The number of nitrogens with zero attached hydrogens (tertiary/aromatic N) is 1. The zero-order valence-corrected chi connectivity index (χ0v) is 8.64. The summed E-state index contributed by atoms with van der Waals surface area (Å²) >= 11 is 0. The molecule has 1 aromatic rings. The Morgan fingerprint density at radius 3 is 3.06 bits per heavy atom. The summed E-state index contributed by atoms with van der Waals surface area (Å²) in [5, 5.41) is 11.4. The van der Waals surface area contributed by atoms with Crippen LogP contribution in [0, 0.1) is 5.92 Å². The zero-order chi connectivity index (χ0) is 12.0. The second-order valence-electron chi connectivity index (χ2n) is 3.90. The summed E-state index contributed by atoms with van der Waals surface area (Å²) in [4.78, 5) is 26.3. The van der Waals surface area contributed by atoms with Crippen molar-refractivity contribution in [3.63, 3.8) is 0 Å². The number of hydrogen-bond donors (Lipinski definition) is 2. The van der Waals surface area contributed by atoms with Crippen LogP contribution in [0.1, 0.15) is 5.56 Å². The van der Waals surface area contributed by atoms with Crippen LogP contribution in [-0.2, 0) is 11.2 Å². The van der Waals surface area contributed by atoms with Gasteiger partial charge in [0, 0.05) is 6.07 Å². The van der Waals surface area contributed by atoms with E-state index >= 15 is 0 Å². The molecule has 6 nitrogen and oxygen atoms in total. The molecule has 3 rings (SSSR count). The molecule has 2 N–H and O–H groups in total. The van der Waals surface area contributed by atoms with Gasteiger partial charge in [-0.05, 0) is 18.1 Å². The van der Waals surface area contributed by atoms with Crippen LogP contribution in [0.4, 0.5) is 4.79 Å². The first-order valence-corrected chi connectivity index (χ1v) is 5.06. The first-order chi connectivity index (χ1) is 8.13. The third-order valence-electron chi connectivity index (χ3n) is 2.75. The van der Waals surface area contributed by atoms with Crippen LogP contribution in [0.3, 0.4) is 0 Å². The minimum atomic E-state index is -0.718. The van der Waals surface area contributed by atoms with Gasteiger partial charge in [0.05, 0.1) is 0 Å². The molecule has 0 bridgehead atoms. The predicted molar refractivity (Wildman–Crippen MR) is 56.9 cm³/mol. The number of phenolic OH excluding ortho intramolecular Hbond substituents is 1. The van der Waals surface area contributed by atoms with Gasteiger partial charge in [-0.25, -0.2) is 4.79 Å². The Morgan fingerprint density at radius 2 is 2.24 bits per heavy atom. The third kappa shape index (κ3) is 1.54. The van der Waals surface area contributed by atoms with Gasteiger partial charge in [-0.1, -0.05) is 6.07 Å². The first-order valence-electron chi connectivity index (χ1n) is 5.06. The van der Waals surface area contributed by atoms with Gasteiger partial charge in [0.2, 0.25) is 11.8 Å². The van der Waals surface area contributed by atoms with Crippen molar-refractivity contribution in [1.29, 1.82) is 0 Å². The monoisotopic (exact) mass is 232 g/mol. The fourth-order valence-corrected chi connectivity index (χ4v) is 1.92. The number of aromatic hydroxyl groups is 1. The van der Waals surface area contributed by atoms with Crippen molar-refractivity contribution in [3.8, 4) is 11.5 Å². The number of imide groups is 1. The molecule has 86 valence electrons. The van der Waals surface area contributed by atoms with E-state index in [1.807, 2.05) is 0 Å². The minimum Gasteiger partial charge on any atom is -0.508 e. The lowest BCUT2D eigenvalue weighted by Gasteiger charge is -2.27. The van der Waals surface area contributed by atoms with Crippen molar-refractivity contribution < 1.29 is 19.4 Å². The highest BCUT2D eigenvalue weighted by Crippen LogP contribution is 2.32. The van der Waals surface area contributed by atoms with E-state index in [1.54, 1.807) is 6.07 Å². The molecular weight excluding hydrogens is 224 g/mol. The summed E-state index contributed by atoms with van der Waals surface area (Å²) in [6, 6.07) is 3.93. The predicted octanol–water partition coefficient (Wildman–Crippen LogP) is 0.592. The molecule has 0 spiro atoms. The van der Waals surface area contributed by atoms with Gasteiger partial charge in [0.1, 0.15) is 17.4 Å². The van der Waals surface area contributed by atoms with E-state index in [0.29, 0.717) is 12.2 Å². The maximum Gasteiger partial charge on any atom is 0.350 e. The van der Waals surface area contributed by atoms with Gasteiger partial charge >= 0.3 is 6.03 Å². The lowest BCUT2D eigenvalue weighted by atomic mass is 9.94. The molecule has 1 aromatic carbocycles. The van der Waals surface area contributed by atoms with Gasteiger partial charge in [-0.3, -0.25) is 10.1 Å².